The molecule has 138 valence electrons. The van der Waals surface area contributed by atoms with Crippen LogP contribution in [-0.4, -0.2) is 56.6 Å². The van der Waals surface area contributed by atoms with Crippen molar-refractivity contribution in [1.29, 1.82) is 0 Å². The predicted octanol–water partition coefficient (Wildman–Crippen LogP) is 1.32. The summed E-state index contributed by atoms with van der Waals surface area (Å²) < 4.78 is 5.58. The van der Waals surface area contributed by atoms with Crippen molar-refractivity contribution in [2.45, 2.75) is 30.5 Å². The van der Waals surface area contributed by atoms with Crippen molar-refractivity contribution in [1.82, 2.24) is 0 Å². The average molecular weight is 360 g/mol. The van der Waals surface area contributed by atoms with Crippen molar-refractivity contribution in [2.75, 3.05) is 6.61 Å². The Bertz CT molecular complexity index is 765. The predicted molar refractivity (Wildman–Crippen MR) is 91.4 cm³/mol. The number of nitrogens with zero attached hydrogens (tertiary/aromatic N) is 2. The van der Waals surface area contributed by atoms with Gasteiger partial charge in [-0.3, -0.25) is 0 Å². The van der Waals surface area contributed by atoms with E-state index in [2.05, 4.69) is 10.2 Å². The van der Waals surface area contributed by atoms with Gasteiger partial charge >= 0.3 is 0 Å². The summed E-state index contributed by atoms with van der Waals surface area (Å²) in [4.78, 5) is 0. The van der Waals surface area contributed by atoms with Crippen molar-refractivity contribution >= 4 is 11.4 Å². The van der Waals surface area contributed by atoms with Gasteiger partial charge in [-0.1, -0.05) is 18.2 Å². The molecule has 8 heteroatoms. The average Bonchev–Trinajstić information content (AvgIpc) is 2.66. The molecule has 0 spiro atoms. The van der Waals surface area contributed by atoms with Gasteiger partial charge in [0.2, 0.25) is 0 Å². The van der Waals surface area contributed by atoms with Crippen LogP contribution in [-0.2, 0) is 4.74 Å². The molecule has 1 fully saturated rings. The van der Waals surface area contributed by atoms with E-state index in [1.54, 1.807) is 36.4 Å². The highest BCUT2D eigenvalue weighted by Crippen LogP contribution is 2.37. The first kappa shape index (κ1) is 18.4. The van der Waals surface area contributed by atoms with E-state index in [1.807, 2.05) is 0 Å². The summed E-state index contributed by atoms with van der Waals surface area (Å²) in [6.45, 7) is -0.501. The first-order valence-corrected chi connectivity index (χ1v) is 8.11. The number of rotatable bonds is 4. The smallest absolute Gasteiger partial charge is 0.115 e. The fourth-order valence-corrected chi connectivity index (χ4v) is 2.81. The molecule has 2 aromatic carbocycles. The number of aliphatic hydroxyl groups excluding tert-OH is 4. The van der Waals surface area contributed by atoms with E-state index in [-0.39, 0.29) is 5.75 Å². The maximum atomic E-state index is 10.3. The monoisotopic (exact) mass is 360 g/mol. The highest BCUT2D eigenvalue weighted by Gasteiger charge is 2.44. The number of azo groups is 1. The number of aliphatic hydroxyl groups is 4. The van der Waals surface area contributed by atoms with Crippen molar-refractivity contribution in [3.05, 3.63) is 54.1 Å². The molecule has 1 aliphatic heterocycles. The van der Waals surface area contributed by atoms with Crippen LogP contribution in [0.5, 0.6) is 5.75 Å². The quantitative estimate of drug-likeness (QED) is 0.522. The molecule has 8 nitrogen and oxygen atoms in total. The van der Waals surface area contributed by atoms with E-state index in [9.17, 15) is 25.5 Å². The Labute approximate surface area is 149 Å². The van der Waals surface area contributed by atoms with E-state index < -0.39 is 37.1 Å². The van der Waals surface area contributed by atoms with E-state index in [4.69, 9.17) is 4.74 Å². The van der Waals surface area contributed by atoms with Crippen LogP contribution in [0.1, 0.15) is 11.7 Å². The molecule has 5 atom stereocenters. The Morgan fingerprint density at radius 1 is 0.846 bits per heavy atom. The molecule has 0 aromatic heterocycles. The molecular weight excluding hydrogens is 340 g/mol. The summed E-state index contributed by atoms with van der Waals surface area (Å²) in [5.74, 6) is 0.116. The fourth-order valence-electron chi connectivity index (χ4n) is 2.81. The minimum atomic E-state index is -1.46. The lowest BCUT2D eigenvalue weighted by Crippen LogP contribution is -2.55. The molecular formula is C18H20N2O6. The third-order valence-corrected chi connectivity index (χ3v) is 4.26. The van der Waals surface area contributed by atoms with Gasteiger partial charge in [0.15, 0.2) is 0 Å². The lowest BCUT2D eigenvalue weighted by molar-refractivity contribution is -0.231. The molecule has 26 heavy (non-hydrogen) atoms. The number of phenolic OH excluding ortho intramolecular Hbond substituents is 1. The molecule has 1 heterocycles. The number of benzene rings is 2. The Morgan fingerprint density at radius 2 is 1.54 bits per heavy atom. The molecule has 0 unspecified atom stereocenters. The zero-order valence-electron chi connectivity index (χ0n) is 13.8. The SMILES string of the molecule is OC[C@H]1O[C@@H](c2ccccc2N=Nc2ccc(O)cc2)[C@H](O)[C@@H](O)[C@@H]1O. The molecule has 3 rings (SSSR count). The van der Waals surface area contributed by atoms with Crippen LogP contribution in [0.25, 0.3) is 0 Å². The van der Waals surface area contributed by atoms with Crippen LogP contribution in [0.15, 0.2) is 58.8 Å². The Morgan fingerprint density at radius 3 is 2.23 bits per heavy atom. The number of hydrogen-bond donors (Lipinski definition) is 5. The molecule has 2 aromatic rings. The number of hydrogen-bond acceptors (Lipinski definition) is 8. The van der Waals surface area contributed by atoms with Crippen LogP contribution in [0, 0.1) is 0 Å². The fraction of sp³-hybridized carbons (Fsp3) is 0.333. The third kappa shape index (κ3) is 3.74. The molecule has 0 amide bonds. The first-order valence-electron chi connectivity index (χ1n) is 8.11. The van der Waals surface area contributed by atoms with Gasteiger partial charge in [0.25, 0.3) is 0 Å². The molecule has 5 N–H and O–H groups in total. The highest BCUT2D eigenvalue weighted by molar-refractivity contribution is 5.48. The van der Waals surface area contributed by atoms with Crippen LogP contribution >= 0.6 is 0 Å². The normalized spacial score (nSPS) is 29.2. The molecule has 0 bridgehead atoms. The number of aromatic hydroxyl groups is 1. The van der Waals surface area contributed by atoms with Crippen molar-refractivity contribution < 1.29 is 30.3 Å². The second-order valence-corrected chi connectivity index (χ2v) is 6.02. The summed E-state index contributed by atoms with van der Waals surface area (Å²) in [5, 5.41) is 57.1. The molecule has 0 saturated carbocycles. The molecule has 0 radical (unpaired) electrons. The van der Waals surface area contributed by atoms with Crippen LogP contribution in [0.2, 0.25) is 0 Å². The summed E-state index contributed by atoms with van der Waals surface area (Å²) >= 11 is 0. The lowest BCUT2D eigenvalue weighted by Gasteiger charge is -2.40. The number of phenols is 1. The van der Waals surface area contributed by atoms with Gasteiger partial charge in [-0.2, -0.15) is 10.2 Å². The van der Waals surface area contributed by atoms with Gasteiger partial charge < -0.3 is 30.3 Å². The van der Waals surface area contributed by atoms with Crippen molar-refractivity contribution in [3.63, 3.8) is 0 Å². The molecule has 0 aliphatic carbocycles. The maximum Gasteiger partial charge on any atom is 0.115 e. The summed E-state index contributed by atoms with van der Waals surface area (Å²) in [6.07, 6.45) is -6.26. The first-order chi connectivity index (χ1) is 12.5. The third-order valence-electron chi connectivity index (χ3n) is 4.26. The largest absolute Gasteiger partial charge is 0.508 e. The lowest BCUT2D eigenvalue weighted by atomic mass is 9.90. The van der Waals surface area contributed by atoms with Crippen LogP contribution in [0.4, 0.5) is 11.4 Å². The minimum Gasteiger partial charge on any atom is -0.508 e. The molecule has 1 saturated heterocycles. The van der Waals surface area contributed by atoms with Gasteiger partial charge in [0.05, 0.1) is 18.0 Å². The van der Waals surface area contributed by atoms with Gasteiger partial charge in [0, 0.05) is 5.56 Å². The van der Waals surface area contributed by atoms with Gasteiger partial charge in [-0.25, -0.2) is 0 Å². The van der Waals surface area contributed by atoms with E-state index in [0.717, 1.165) is 0 Å². The second-order valence-electron chi connectivity index (χ2n) is 6.02. The second kappa shape index (κ2) is 7.90. The maximum absolute atomic E-state index is 10.3. The van der Waals surface area contributed by atoms with E-state index in [1.165, 1.54) is 12.1 Å². The highest BCUT2D eigenvalue weighted by atomic mass is 16.5. The standard InChI is InChI=1S/C18H20N2O6/c21-9-14-15(23)16(24)17(25)18(26-14)12-3-1-2-4-13(12)20-19-10-5-7-11(22)8-6-10/h1-8,14-18,21-25H,9H2/t14-,15-,16+,17-,18+/m1/s1. The summed E-state index contributed by atoms with van der Waals surface area (Å²) in [7, 11) is 0. The molecule has 1 aliphatic rings. The van der Waals surface area contributed by atoms with E-state index >= 15 is 0 Å². The zero-order valence-corrected chi connectivity index (χ0v) is 13.8. The van der Waals surface area contributed by atoms with Crippen molar-refractivity contribution in [2.24, 2.45) is 10.2 Å². The Kier molecular flexibility index (Phi) is 5.60. The Hall–Kier alpha value is -2.36. The minimum absolute atomic E-state index is 0.116. The number of ether oxygens (including phenoxy) is 1. The van der Waals surface area contributed by atoms with Gasteiger partial charge in [-0.15, -0.1) is 0 Å². The van der Waals surface area contributed by atoms with Gasteiger partial charge in [0.1, 0.15) is 36.3 Å². The topological polar surface area (TPSA) is 135 Å². The zero-order chi connectivity index (χ0) is 18.7. The van der Waals surface area contributed by atoms with E-state index in [0.29, 0.717) is 16.9 Å². The Balaban J connectivity index is 1.90. The van der Waals surface area contributed by atoms with Gasteiger partial charge in [-0.05, 0) is 30.3 Å². The van der Waals surface area contributed by atoms with Crippen LogP contribution < -0.4 is 0 Å². The van der Waals surface area contributed by atoms with Crippen LogP contribution in [0.3, 0.4) is 0 Å². The summed E-state index contributed by atoms with van der Waals surface area (Å²) in [6, 6.07) is 12.9. The summed E-state index contributed by atoms with van der Waals surface area (Å²) in [5.41, 5.74) is 1.39. The van der Waals surface area contributed by atoms with Crippen molar-refractivity contribution in [3.8, 4) is 5.75 Å².